The van der Waals surface area contributed by atoms with Crippen LogP contribution >= 0.6 is 0 Å². The van der Waals surface area contributed by atoms with Crippen molar-refractivity contribution in [2.75, 3.05) is 12.0 Å². The van der Waals surface area contributed by atoms with E-state index in [-0.39, 0.29) is 27.7 Å². The van der Waals surface area contributed by atoms with E-state index in [0.29, 0.717) is 16.8 Å². The van der Waals surface area contributed by atoms with E-state index >= 15 is 0 Å². The number of nitrogens with zero attached hydrogens (tertiary/aromatic N) is 1. The third kappa shape index (κ3) is 5.31. The van der Waals surface area contributed by atoms with Crippen LogP contribution in [0.1, 0.15) is 85.8 Å². The molecule has 208 valence electrons. The van der Waals surface area contributed by atoms with Crippen LogP contribution in [-0.2, 0) is 25.2 Å². The molecule has 0 radical (unpaired) electrons. The number of aliphatic hydroxyl groups is 1. The Morgan fingerprint density at radius 1 is 0.850 bits per heavy atom. The number of methoxy groups -OCH3 is 1. The first-order valence-corrected chi connectivity index (χ1v) is 13.4. The number of rotatable bonds is 4. The van der Waals surface area contributed by atoms with Crippen LogP contribution in [0, 0.1) is 6.92 Å². The van der Waals surface area contributed by atoms with Gasteiger partial charge in [-0.05, 0) is 64.3 Å². The molecular weight excluding hydrogens is 502 g/mol. The normalized spacial score (nSPS) is 17.3. The largest absolute Gasteiger partial charge is 0.507 e. The van der Waals surface area contributed by atoms with Crippen LogP contribution < -0.4 is 4.90 Å². The molecule has 4 rings (SSSR count). The summed E-state index contributed by atoms with van der Waals surface area (Å²) in [7, 11) is 1.28. The van der Waals surface area contributed by atoms with Gasteiger partial charge >= 0.3 is 5.97 Å². The summed E-state index contributed by atoms with van der Waals surface area (Å²) in [5.41, 5.74) is 4.36. The molecule has 1 heterocycles. The Morgan fingerprint density at radius 3 is 2.02 bits per heavy atom. The van der Waals surface area contributed by atoms with Gasteiger partial charge in [-0.1, -0.05) is 84.0 Å². The summed E-state index contributed by atoms with van der Waals surface area (Å²) < 4.78 is 4.87. The van der Waals surface area contributed by atoms with E-state index in [4.69, 9.17) is 4.74 Å². The lowest BCUT2D eigenvalue weighted by molar-refractivity contribution is -0.132. The van der Waals surface area contributed by atoms with Crippen molar-refractivity contribution in [2.24, 2.45) is 0 Å². The minimum atomic E-state index is -0.903. The van der Waals surface area contributed by atoms with Gasteiger partial charge in [0.1, 0.15) is 5.76 Å². The summed E-state index contributed by atoms with van der Waals surface area (Å²) in [6.07, 6.45) is 0. The number of hydrogen-bond donors (Lipinski definition) is 1. The van der Waals surface area contributed by atoms with E-state index < -0.39 is 23.7 Å². The number of esters is 1. The molecule has 0 aliphatic carbocycles. The van der Waals surface area contributed by atoms with Crippen molar-refractivity contribution in [1.82, 2.24) is 0 Å². The first kappa shape index (κ1) is 28.8. The Bertz CT molecular complexity index is 1520. The summed E-state index contributed by atoms with van der Waals surface area (Å²) in [4.78, 5) is 41.0. The van der Waals surface area contributed by atoms with Gasteiger partial charge in [-0.3, -0.25) is 14.5 Å². The Morgan fingerprint density at radius 2 is 1.45 bits per heavy atom. The van der Waals surface area contributed by atoms with Gasteiger partial charge in [0.25, 0.3) is 11.7 Å². The maximum atomic E-state index is 13.7. The molecule has 0 aromatic heterocycles. The van der Waals surface area contributed by atoms with Crippen molar-refractivity contribution in [3.05, 3.63) is 106 Å². The predicted molar refractivity (Wildman–Crippen MR) is 158 cm³/mol. The molecule has 1 aliphatic rings. The first-order chi connectivity index (χ1) is 18.6. The zero-order valence-electron chi connectivity index (χ0n) is 24.5. The minimum Gasteiger partial charge on any atom is -0.507 e. The first-order valence-electron chi connectivity index (χ1n) is 13.4. The fourth-order valence-corrected chi connectivity index (χ4v) is 4.97. The molecule has 3 aromatic rings. The Hall–Kier alpha value is -4.19. The average Bonchev–Trinajstić information content (AvgIpc) is 3.17. The van der Waals surface area contributed by atoms with E-state index in [0.717, 1.165) is 16.7 Å². The molecule has 0 saturated carbocycles. The van der Waals surface area contributed by atoms with Crippen molar-refractivity contribution in [2.45, 2.75) is 65.3 Å². The molecule has 1 fully saturated rings. The third-order valence-corrected chi connectivity index (χ3v) is 7.44. The van der Waals surface area contributed by atoms with Crippen molar-refractivity contribution < 1.29 is 24.2 Å². The number of ketones is 1. The quantitative estimate of drug-likeness (QED) is 0.167. The molecule has 6 heteroatoms. The highest BCUT2D eigenvalue weighted by Crippen LogP contribution is 2.43. The standard InChI is InChI=1S/C34H37NO5/c1-20-12-15-24(34(5,6)7)19-26(20)29(36)27-28(21-13-16-23(17-14-21)33(2,3)4)35(31(38)30(27)37)25-11-9-10-22(18-25)32(39)40-8/h9-19,28,36H,1-8H3/b29-27+. The van der Waals surface area contributed by atoms with E-state index in [1.165, 1.54) is 18.1 Å². The zero-order chi connectivity index (χ0) is 29.6. The molecule has 1 aliphatic heterocycles. The topological polar surface area (TPSA) is 83.9 Å². The summed E-state index contributed by atoms with van der Waals surface area (Å²) in [5, 5.41) is 11.7. The number of hydrogen-bond acceptors (Lipinski definition) is 5. The second kappa shape index (κ2) is 10.4. The van der Waals surface area contributed by atoms with Gasteiger partial charge in [-0.2, -0.15) is 0 Å². The fraction of sp³-hybridized carbons (Fsp3) is 0.324. The lowest BCUT2D eigenvalue weighted by atomic mass is 9.84. The molecule has 1 N–H and O–H groups in total. The number of anilines is 1. The number of benzene rings is 3. The maximum absolute atomic E-state index is 13.7. The summed E-state index contributed by atoms with van der Waals surface area (Å²) >= 11 is 0. The summed E-state index contributed by atoms with van der Waals surface area (Å²) in [5.74, 6) is -2.35. The van der Waals surface area contributed by atoms with Crippen molar-refractivity contribution in [3.8, 4) is 0 Å². The smallest absolute Gasteiger partial charge is 0.337 e. The Labute approximate surface area is 236 Å². The number of carbonyl (C=O) groups is 3. The van der Waals surface area contributed by atoms with Gasteiger partial charge < -0.3 is 9.84 Å². The highest BCUT2D eigenvalue weighted by Gasteiger charge is 2.47. The minimum absolute atomic E-state index is 0.00568. The maximum Gasteiger partial charge on any atom is 0.337 e. The number of Topliss-reactive ketones (excluding diaryl/α,β-unsaturated/α-hetero) is 1. The molecule has 1 atom stereocenters. The highest BCUT2D eigenvalue weighted by atomic mass is 16.5. The number of aryl methyl sites for hydroxylation is 1. The molecular formula is C34H37NO5. The van der Waals surface area contributed by atoms with E-state index in [1.54, 1.807) is 18.2 Å². The fourth-order valence-electron chi connectivity index (χ4n) is 4.97. The van der Waals surface area contributed by atoms with E-state index in [2.05, 4.69) is 41.5 Å². The number of ether oxygens (including phenoxy) is 1. The van der Waals surface area contributed by atoms with Crippen LogP contribution in [0.15, 0.2) is 72.3 Å². The lowest BCUT2D eigenvalue weighted by Crippen LogP contribution is -2.29. The second-order valence-electron chi connectivity index (χ2n) is 12.4. The van der Waals surface area contributed by atoms with Crippen molar-refractivity contribution >= 4 is 29.1 Å². The molecule has 0 spiro atoms. The molecule has 6 nitrogen and oxygen atoms in total. The van der Waals surface area contributed by atoms with Crippen LogP contribution in [0.4, 0.5) is 5.69 Å². The molecule has 1 amide bonds. The highest BCUT2D eigenvalue weighted by molar-refractivity contribution is 6.51. The summed E-state index contributed by atoms with van der Waals surface area (Å²) in [6, 6.07) is 19.0. The van der Waals surface area contributed by atoms with Crippen LogP contribution in [0.5, 0.6) is 0 Å². The van der Waals surface area contributed by atoms with Gasteiger partial charge in [-0.25, -0.2) is 4.79 Å². The monoisotopic (exact) mass is 539 g/mol. The zero-order valence-corrected chi connectivity index (χ0v) is 24.5. The molecule has 1 saturated heterocycles. The number of aliphatic hydroxyl groups excluding tert-OH is 1. The SMILES string of the molecule is COC(=O)c1cccc(N2C(=O)C(=O)/C(=C(/O)c3cc(C(C)(C)C)ccc3C)C2c2ccc(C(C)(C)C)cc2)c1. The van der Waals surface area contributed by atoms with Crippen LogP contribution in [0.3, 0.4) is 0 Å². The molecule has 0 bridgehead atoms. The average molecular weight is 540 g/mol. The molecule has 40 heavy (non-hydrogen) atoms. The van der Waals surface area contributed by atoms with Crippen LogP contribution in [0.25, 0.3) is 5.76 Å². The molecule has 1 unspecified atom stereocenters. The van der Waals surface area contributed by atoms with Crippen LogP contribution in [-0.4, -0.2) is 29.9 Å². The van der Waals surface area contributed by atoms with Crippen molar-refractivity contribution in [1.29, 1.82) is 0 Å². The summed E-state index contributed by atoms with van der Waals surface area (Å²) in [6.45, 7) is 14.4. The van der Waals surface area contributed by atoms with Gasteiger partial charge in [-0.15, -0.1) is 0 Å². The van der Waals surface area contributed by atoms with E-state index in [9.17, 15) is 19.5 Å². The Balaban J connectivity index is 1.98. The van der Waals surface area contributed by atoms with Gasteiger partial charge in [0.15, 0.2) is 0 Å². The number of amides is 1. The van der Waals surface area contributed by atoms with E-state index in [1.807, 2.05) is 49.4 Å². The van der Waals surface area contributed by atoms with Gasteiger partial charge in [0, 0.05) is 11.3 Å². The van der Waals surface area contributed by atoms with Gasteiger partial charge in [0.2, 0.25) is 0 Å². The van der Waals surface area contributed by atoms with Crippen molar-refractivity contribution in [3.63, 3.8) is 0 Å². The Kier molecular flexibility index (Phi) is 7.50. The predicted octanol–water partition coefficient (Wildman–Crippen LogP) is 7.00. The molecule has 3 aromatic carbocycles. The number of carbonyl (C=O) groups excluding carboxylic acids is 3. The van der Waals surface area contributed by atoms with Gasteiger partial charge in [0.05, 0.1) is 24.3 Å². The van der Waals surface area contributed by atoms with Crippen LogP contribution in [0.2, 0.25) is 0 Å². The second-order valence-corrected chi connectivity index (χ2v) is 12.4. The lowest BCUT2D eigenvalue weighted by Gasteiger charge is -2.27. The third-order valence-electron chi connectivity index (χ3n) is 7.44.